The van der Waals surface area contributed by atoms with Gasteiger partial charge in [0, 0.05) is 36.7 Å². The van der Waals surface area contributed by atoms with Crippen LogP contribution in [0.4, 0.5) is 5.69 Å². The van der Waals surface area contributed by atoms with Crippen LogP contribution >= 0.6 is 0 Å². The second-order valence-electron chi connectivity index (χ2n) is 5.38. The molecule has 0 bridgehead atoms. The third-order valence-corrected chi connectivity index (χ3v) is 3.61. The lowest BCUT2D eigenvalue weighted by Gasteiger charge is -2.28. The molecular formula is C14H22N4O. The van der Waals surface area contributed by atoms with E-state index in [0.29, 0.717) is 11.3 Å². The summed E-state index contributed by atoms with van der Waals surface area (Å²) in [7, 11) is 2.09. The molecule has 1 fully saturated rings. The number of nitrogens with two attached hydrogens (primary N) is 1. The first-order valence-corrected chi connectivity index (χ1v) is 6.70. The molecule has 19 heavy (non-hydrogen) atoms. The van der Waals surface area contributed by atoms with Gasteiger partial charge in [-0.3, -0.25) is 9.78 Å². The zero-order valence-electron chi connectivity index (χ0n) is 11.9. The summed E-state index contributed by atoms with van der Waals surface area (Å²) in [6, 6.07) is 1.95. The monoisotopic (exact) mass is 262 g/mol. The molecule has 1 saturated heterocycles. The minimum absolute atomic E-state index is 0.00667. The largest absolute Gasteiger partial charge is 0.398 e. The third kappa shape index (κ3) is 3.04. The molecule has 0 aromatic carbocycles. The molecule has 5 nitrogen and oxygen atoms in total. The number of pyridine rings is 1. The molecule has 0 spiro atoms. The molecule has 1 aliphatic rings. The fourth-order valence-electron chi connectivity index (χ4n) is 2.59. The maximum atomic E-state index is 12.6. The van der Waals surface area contributed by atoms with E-state index in [1.54, 1.807) is 12.3 Å². The first-order chi connectivity index (χ1) is 8.99. The fourth-order valence-corrected chi connectivity index (χ4v) is 2.59. The predicted molar refractivity (Wildman–Crippen MR) is 76.0 cm³/mol. The lowest BCUT2D eigenvalue weighted by atomic mass is 10.1. The average molecular weight is 262 g/mol. The van der Waals surface area contributed by atoms with Crippen LogP contribution in [0.5, 0.6) is 0 Å². The third-order valence-electron chi connectivity index (χ3n) is 3.61. The lowest BCUT2D eigenvalue weighted by molar-refractivity contribution is 0.0697. The number of aryl methyl sites for hydroxylation is 1. The van der Waals surface area contributed by atoms with Gasteiger partial charge < -0.3 is 15.5 Å². The Morgan fingerprint density at radius 2 is 2.21 bits per heavy atom. The number of nitrogen functional groups attached to an aromatic ring is 1. The zero-order chi connectivity index (χ0) is 14.0. The Bertz CT molecular complexity index is 475. The number of carbonyl (C=O) groups is 1. The van der Waals surface area contributed by atoms with E-state index in [1.807, 2.05) is 11.8 Å². The lowest BCUT2D eigenvalue weighted by Crippen LogP contribution is -2.42. The van der Waals surface area contributed by atoms with E-state index in [1.165, 1.54) is 0 Å². The number of hydrogen-bond acceptors (Lipinski definition) is 4. The van der Waals surface area contributed by atoms with Gasteiger partial charge in [0.1, 0.15) is 0 Å². The van der Waals surface area contributed by atoms with Crippen molar-refractivity contribution in [3.8, 4) is 0 Å². The molecule has 1 aliphatic heterocycles. The van der Waals surface area contributed by atoms with E-state index in [2.05, 4.69) is 23.9 Å². The van der Waals surface area contributed by atoms with E-state index < -0.39 is 0 Å². The van der Waals surface area contributed by atoms with Gasteiger partial charge in [-0.25, -0.2) is 0 Å². The van der Waals surface area contributed by atoms with Crippen molar-refractivity contribution in [1.82, 2.24) is 14.8 Å². The Balaban J connectivity index is 2.22. The van der Waals surface area contributed by atoms with Crippen LogP contribution in [0.2, 0.25) is 0 Å². The van der Waals surface area contributed by atoms with Crippen molar-refractivity contribution in [2.45, 2.75) is 26.3 Å². The molecule has 1 amide bonds. The maximum Gasteiger partial charge on any atom is 0.257 e. The van der Waals surface area contributed by atoms with Crippen LogP contribution in [0.25, 0.3) is 0 Å². The molecule has 1 atom stereocenters. The van der Waals surface area contributed by atoms with E-state index >= 15 is 0 Å². The van der Waals surface area contributed by atoms with Crippen LogP contribution < -0.4 is 5.73 Å². The quantitative estimate of drug-likeness (QED) is 0.824. The summed E-state index contributed by atoms with van der Waals surface area (Å²) in [6.45, 7) is 6.64. The Hall–Kier alpha value is -1.62. The Labute approximate surface area is 114 Å². The highest BCUT2D eigenvalue weighted by atomic mass is 16.2. The van der Waals surface area contributed by atoms with Gasteiger partial charge in [-0.05, 0) is 39.9 Å². The number of aromatic nitrogens is 1. The van der Waals surface area contributed by atoms with Gasteiger partial charge >= 0.3 is 0 Å². The van der Waals surface area contributed by atoms with Crippen molar-refractivity contribution in [2.75, 3.05) is 32.4 Å². The molecule has 1 unspecified atom stereocenters. The van der Waals surface area contributed by atoms with Gasteiger partial charge in [-0.15, -0.1) is 0 Å². The SMILES string of the molecule is Cc1cc(N)c(C(=O)N2CCCN(C)CC2C)cn1. The number of amides is 1. The van der Waals surface area contributed by atoms with Crippen LogP contribution in [0, 0.1) is 6.92 Å². The molecule has 2 heterocycles. The molecule has 2 rings (SSSR count). The van der Waals surface area contributed by atoms with Crippen LogP contribution in [0.1, 0.15) is 29.4 Å². The van der Waals surface area contributed by atoms with Crippen molar-refractivity contribution < 1.29 is 4.79 Å². The molecular weight excluding hydrogens is 240 g/mol. The summed E-state index contributed by atoms with van der Waals surface area (Å²) in [4.78, 5) is 20.9. The summed E-state index contributed by atoms with van der Waals surface area (Å²) in [5.74, 6) is -0.00667. The smallest absolute Gasteiger partial charge is 0.257 e. The number of nitrogens with zero attached hydrogens (tertiary/aromatic N) is 3. The first-order valence-electron chi connectivity index (χ1n) is 6.70. The van der Waals surface area contributed by atoms with Gasteiger partial charge in [0.05, 0.1) is 5.56 Å². The summed E-state index contributed by atoms with van der Waals surface area (Å²) >= 11 is 0. The Morgan fingerprint density at radius 3 is 2.89 bits per heavy atom. The second-order valence-corrected chi connectivity index (χ2v) is 5.38. The Kier molecular flexibility index (Phi) is 4.04. The maximum absolute atomic E-state index is 12.6. The highest BCUT2D eigenvalue weighted by Crippen LogP contribution is 2.18. The highest BCUT2D eigenvalue weighted by molar-refractivity contribution is 5.99. The molecule has 5 heteroatoms. The van der Waals surface area contributed by atoms with E-state index in [0.717, 1.165) is 31.7 Å². The van der Waals surface area contributed by atoms with Gasteiger partial charge in [-0.2, -0.15) is 0 Å². The molecule has 0 aliphatic carbocycles. The number of carbonyl (C=O) groups excluding carboxylic acids is 1. The molecule has 1 aromatic rings. The van der Waals surface area contributed by atoms with Gasteiger partial charge in [-0.1, -0.05) is 0 Å². The number of anilines is 1. The molecule has 0 radical (unpaired) electrons. The average Bonchev–Trinajstić information content (AvgIpc) is 2.49. The van der Waals surface area contributed by atoms with Gasteiger partial charge in [0.2, 0.25) is 0 Å². The van der Waals surface area contributed by atoms with Crippen LogP contribution in [-0.4, -0.2) is 53.4 Å². The standard InChI is InChI=1S/C14H22N4O/c1-10-7-13(15)12(8-16-10)14(19)18-6-4-5-17(3)9-11(18)2/h7-8,11H,4-6,9H2,1-3H3,(H2,15,16). The summed E-state index contributed by atoms with van der Waals surface area (Å²) < 4.78 is 0. The Morgan fingerprint density at radius 1 is 1.47 bits per heavy atom. The molecule has 2 N–H and O–H groups in total. The summed E-state index contributed by atoms with van der Waals surface area (Å²) in [5, 5.41) is 0. The van der Waals surface area contributed by atoms with Crippen LogP contribution in [-0.2, 0) is 0 Å². The van der Waals surface area contributed by atoms with Crippen molar-refractivity contribution in [1.29, 1.82) is 0 Å². The predicted octanol–water partition coefficient (Wildman–Crippen LogP) is 1.14. The number of hydrogen-bond donors (Lipinski definition) is 1. The van der Waals surface area contributed by atoms with Gasteiger partial charge in [0.15, 0.2) is 0 Å². The van der Waals surface area contributed by atoms with E-state index in [9.17, 15) is 4.79 Å². The molecule has 1 aromatic heterocycles. The summed E-state index contributed by atoms with van der Waals surface area (Å²) in [6.07, 6.45) is 2.58. The fraction of sp³-hybridized carbons (Fsp3) is 0.571. The topological polar surface area (TPSA) is 62.5 Å². The zero-order valence-corrected chi connectivity index (χ0v) is 11.9. The van der Waals surface area contributed by atoms with Crippen molar-refractivity contribution in [3.63, 3.8) is 0 Å². The molecule has 0 saturated carbocycles. The van der Waals surface area contributed by atoms with Crippen molar-refractivity contribution in [3.05, 3.63) is 23.5 Å². The van der Waals surface area contributed by atoms with Crippen LogP contribution in [0.3, 0.4) is 0 Å². The first kappa shape index (κ1) is 13.8. The van der Waals surface area contributed by atoms with Gasteiger partial charge in [0.25, 0.3) is 5.91 Å². The minimum Gasteiger partial charge on any atom is -0.398 e. The number of likely N-dealkylation sites (N-methyl/N-ethyl adjacent to an activating group) is 1. The molecule has 104 valence electrons. The summed E-state index contributed by atoms with van der Waals surface area (Å²) in [5.41, 5.74) is 7.81. The van der Waals surface area contributed by atoms with E-state index in [-0.39, 0.29) is 11.9 Å². The second kappa shape index (κ2) is 5.57. The van der Waals surface area contributed by atoms with Crippen LogP contribution in [0.15, 0.2) is 12.3 Å². The number of rotatable bonds is 1. The van der Waals surface area contributed by atoms with Crippen molar-refractivity contribution in [2.24, 2.45) is 0 Å². The van der Waals surface area contributed by atoms with E-state index in [4.69, 9.17) is 5.73 Å². The minimum atomic E-state index is -0.00667. The highest BCUT2D eigenvalue weighted by Gasteiger charge is 2.26. The van der Waals surface area contributed by atoms with Crippen molar-refractivity contribution >= 4 is 11.6 Å². The normalized spacial score (nSPS) is 21.2.